The van der Waals surface area contributed by atoms with E-state index in [1.807, 2.05) is 0 Å². The molecule has 0 spiro atoms. The van der Waals surface area contributed by atoms with Crippen LogP contribution in [-0.4, -0.2) is 58.7 Å². The van der Waals surface area contributed by atoms with E-state index in [1.165, 1.54) is 6.92 Å². The van der Waals surface area contributed by atoms with Crippen LogP contribution < -0.4 is 0 Å². The Morgan fingerprint density at radius 1 is 1.23 bits per heavy atom. The summed E-state index contributed by atoms with van der Waals surface area (Å²) in [6, 6.07) is -0.446. The Labute approximate surface area is 166 Å². The summed E-state index contributed by atoms with van der Waals surface area (Å²) >= 11 is 0. The number of hydrogen-bond acceptors (Lipinski definition) is 8. The van der Waals surface area contributed by atoms with E-state index in [2.05, 4.69) is 4.74 Å². The fraction of sp³-hybridized carbons (Fsp3) is 0.765. The molecule has 2 bridgehead atoms. The van der Waals surface area contributed by atoms with Crippen molar-refractivity contribution in [3.63, 3.8) is 0 Å². The molecule has 2 saturated carbocycles. The summed E-state index contributed by atoms with van der Waals surface area (Å²) in [6.45, 7) is 5.92. The number of likely N-dealkylation sites (tertiary alicyclic amines) is 1. The number of fused-ring (bicyclic) bond motifs is 1. The second-order valence-electron chi connectivity index (χ2n) is 8.63. The standard InChI is InChI=1S/C17H22F2NO8S.Rf/c1-7(21)28-13-9-5-8-10(14(22)20(12(8)13)16(2,3)4)11(9)15(23)27-6-17(18,19)29(24,25)26;/h6,8-13H,5H2,1-4H3,(H,24,25,26);/q-1;/p-1. The fourth-order valence-electron chi connectivity index (χ4n) is 5.02. The molecule has 1 aliphatic heterocycles. The van der Waals surface area contributed by atoms with Crippen molar-refractivity contribution in [2.45, 2.75) is 57.1 Å². The third-order valence-electron chi connectivity index (χ3n) is 5.81. The summed E-state index contributed by atoms with van der Waals surface area (Å²) in [5.41, 5.74) is -0.642. The molecule has 1 amide bonds. The molecule has 13 heteroatoms. The molecule has 3 aliphatic rings. The molecule has 0 N–H and O–H groups in total. The van der Waals surface area contributed by atoms with Crippen LogP contribution in [0.5, 0.6) is 0 Å². The summed E-state index contributed by atoms with van der Waals surface area (Å²) in [5.74, 6) is -5.28. The normalized spacial score (nSPS) is 32.8. The number of carbonyl (C=O) groups excluding carboxylic acids is 3. The maximum atomic E-state index is 13.3. The van der Waals surface area contributed by atoms with Crippen LogP contribution in [0.4, 0.5) is 8.78 Å². The zero-order chi connectivity index (χ0) is 22.1. The van der Waals surface area contributed by atoms with E-state index in [-0.39, 0.29) is 11.8 Å². The van der Waals surface area contributed by atoms with Crippen molar-refractivity contribution in [1.82, 2.24) is 4.90 Å². The molecule has 0 aromatic rings. The monoisotopic (exact) mass is 704 g/mol. The van der Waals surface area contributed by atoms with E-state index in [9.17, 15) is 36.1 Å². The largest absolute Gasteiger partial charge is 0.746 e. The second-order valence-corrected chi connectivity index (χ2v) is 10.1. The smallest absolute Gasteiger partial charge is 0.302 e. The van der Waals surface area contributed by atoms with Gasteiger partial charge >= 0.3 is 5.97 Å². The van der Waals surface area contributed by atoms with Gasteiger partial charge in [-0.1, -0.05) is 6.61 Å². The first-order valence-electron chi connectivity index (χ1n) is 8.96. The number of rotatable bonds is 5. The molecule has 0 aromatic heterocycles. The van der Waals surface area contributed by atoms with Gasteiger partial charge < -0.3 is 18.9 Å². The average molecular weight is 704 g/mol. The van der Waals surface area contributed by atoms with Crippen molar-refractivity contribution in [3.8, 4) is 0 Å². The third-order valence-corrected chi connectivity index (χ3v) is 6.58. The van der Waals surface area contributed by atoms with Crippen molar-refractivity contribution in [3.05, 3.63) is 6.61 Å². The predicted molar refractivity (Wildman–Crippen MR) is 89.6 cm³/mol. The Balaban J connectivity index is 0.00000320. The number of nitrogens with zero attached hydrogens (tertiary/aromatic N) is 1. The number of halogens is 2. The first-order chi connectivity index (χ1) is 13.1. The Morgan fingerprint density at radius 2 is 1.80 bits per heavy atom. The van der Waals surface area contributed by atoms with Gasteiger partial charge in [-0.15, -0.1) is 0 Å². The van der Waals surface area contributed by atoms with Gasteiger partial charge in [-0.3, -0.25) is 14.4 Å². The Hall–Kier alpha value is -2.82. The molecule has 166 valence electrons. The SMILES string of the molecule is CC(=O)OC1C2CC3C(C(=O)N(C(C)(C)C)C31)C2C(=O)O[CH-]C(F)(F)S(=O)(=O)[O-].[Rf]. The number of esters is 2. The number of alkyl halides is 2. The summed E-state index contributed by atoms with van der Waals surface area (Å²) in [6.07, 6.45) is -0.470. The van der Waals surface area contributed by atoms with Gasteiger partial charge in [-0.25, -0.2) is 17.2 Å². The van der Waals surface area contributed by atoms with Gasteiger partial charge in [-0.2, -0.15) is 0 Å². The minimum absolute atomic E-state index is 0. The van der Waals surface area contributed by atoms with E-state index >= 15 is 0 Å². The molecule has 9 nitrogen and oxygen atoms in total. The number of amides is 1. The van der Waals surface area contributed by atoms with Gasteiger partial charge in [0.05, 0.1) is 17.9 Å². The fourth-order valence-corrected chi connectivity index (χ4v) is 5.19. The molecular formula is C17H21F2NO8RfS-2. The number of hydrogen-bond donors (Lipinski definition) is 0. The van der Waals surface area contributed by atoms with Crippen LogP contribution in [0.1, 0.15) is 34.1 Å². The van der Waals surface area contributed by atoms with Gasteiger partial charge in [0.2, 0.25) is 5.91 Å². The Kier molecular flexibility index (Phi) is 5.37. The zero-order valence-corrected chi connectivity index (χ0v) is 24.0. The van der Waals surface area contributed by atoms with Crippen LogP contribution in [0.25, 0.3) is 0 Å². The quantitative estimate of drug-likeness (QED) is 0.232. The maximum Gasteiger partial charge on any atom is 0.302 e. The predicted octanol–water partition coefficient (Wildman–Crippen LogP) is 0.652. The molecule has 3 fully saturated rings. The molecule has 6 atom stereocenters. The van der Waals surface area contributed by atoms with E-state index in [4.69, 9.17) is 4.74 Å². The van der Waals surface area contributed by atoms with Gasteiger partial charge in [0.25, 0.3) is 11.2 Å². The Morgan fingerprint density at radius 3 is 2.27 bits per heavy atom. The van der Waals surface area contributed by atoms with Crippen LogP contribution in [0.15, 0.2) is 0 Å². The van der Waals surface area contributed by atoms with Crippen molar-refractivity contribution in [1.29, 1.82) is 0 Å². The van der Waals surface area contributed by atoms with Gasteiger partial charge in [0.1, 0.15) is 16.2 Å². The molecule has 2 aliphatic carbocycles. The van der Waals surface area contributed by atoms with Gasteiger partial charge in [0, 0.05) is 18.4 Å². The van der Waals surface area contributed by atoms with Crippen molar-refractivity contribution < 1.29 is 45.6 Å². The second kappa shape index (κ2) is 6.86. The first-order valence-corrected chi connectivity index (χ1v) is 10.4. The number of carbonyl (C=O) groups is 3. The molecule has 3 rings (SSSR count). The van der Waals surface area contributed by atoms with E-state index in [0.717, 1.165) is 0 Å². The minimum Gasteiger partial charge on any atom is -0.746 e. The van der Waals surface area contributed by atoms with E-state index in [0.29, 0.717) is 6.42 Å². The van der Waals surface area contributed by atoms with Gasteiger partial charge in [-0.05, 0) is 33.1 Å². The summed E-state index contributed by atoms with van der Waals surface area (Å²) in [7, 11) is -6.07. The van der Waals surface area contributed by atoms with Crippen molar-refractivity contribution in [2.24, 2.45) is 23.7 Å². The third kappa shape index (κ3) is 3.36. The van der Waals surface area contributed by atoms with E-state index in [1.54, 1.807) is 25.7 Å². The molecule has 1 heterocycles. The van der Waals surface area contributed by atoms with E-state index < -0.39 is 69.4 Å². The zero-order valence-electron chi connectivity index (χ0n) is 16.8. The van der Waals surface area contributed by atoms with Crippen LogP contribution in [0.3, 0.4) is 0 Å². The van der Waals surface area contributed by atoms with Crippen molar-refractivity contribution >= 4 is 28.0 Å². The topological polar surface area (TPSA) is 130 Å². The van der Waals surface area contributed by atoms with Crippen LogP contribution in [-0.2, 0) is 34.0 Å². The summed E-state index contributed by atoms with van der Waals surface area (Å²) in [5, 5.41) is -4.91. The van der Waals surface area contributed by atoms with Crippen LogP contribution >= 0.6 is 0 Å². The molecular weight excluding hydrogens is 683 g/mol. The molecule has 1 saturated heterocycles. The maximum absolute atomic E-state index is 13.3. The average Bonchev–Trinajstić information content (AvgIpc) is 3.12. The van der Waals surface area contributed by atoms with Crippen LogP contribution in [0, 0.1) is 30.3 Å². The molecule has 30 heavy (non-hydrogen) atoms. The molecule has 0 aromatic carbocycles. The van der Waals surface area contributed by atoms with Crippen molar-refractivity contribution in [2.75, 3.05) is 0 Å². The number of ether oxygens (including phenoxy) is 2. The summed E-state index contributed by atoms with van der Waals surface area (Å²) in [4.78, 5) is 38.7. The van der Waals surface area contributed by atoms with Gasteiger partial charge in [0.15, 0.2) is 0 Å². The Bertz CT molecular complexity index is 858. The van der Waals surface area contributed by atoms with Crippen LogP contribution in [0.2, 0.25) is 0 Å². The minimum atomic E-state index is -6.07. The summed E-state index contributed by atoms with van der Waals surface area (Å²) < 4.78 is 68.1. The molecule has 0 radical (unpaired) electrons. The molecule has 6 unspecified atom stereocenters. The first kappa shape index (κ1) is 23.5.